The van der Waals surface area contributed by atoms with Crippen LogP contribution in [0.1, 0.15) is 44.9 Å². The van der Waals surface area contributed by atoms with E-state index in [0.29, 0.717) is 6.04 Å². The second-order valence-corrected chi connectivity index (χ2v) is 4.73. The van der Waals surface area contributed by atoms with E-state index < -0.39 is 0 Å². The van der Waals surface area contributed by atoms with Gasteiger partial charge in [0.1, 0.15) is 5.82 Å². The molecule has 1 fully saturated rings. The molecule has 1 aromatic rings. The predicted molar refractivity (Wildman–Crippen MR) is 64.9 cm³/mol. The molecule has 0 saturated heterocycles. The minimum absolute atomic E-state index is 0.587. The van der Waals surface area contributed by atoms with Crippen molar-refractivity contribution >= 4 is 0 Å². The average Bonchev–Trinajstić information content (AvgIpc) is 2.38. The van der Waals surface area contributed by atoms with Crippen LogP contribution in [-0.4, -0.2) is 16.0 Å². The maximum atomic E-state index is 4.22. The van der Waals surface area contributed by atoms with E-state index in [0.717, 1.165) is 18.3 Å². The molecular weight excluding hydrogens is 198 g/mol. The largest absolute Gasteiger partial charge is 0.307 e. The van der Waals surface area contributed by atoms with Gasteiger partial charge in [0.05, 0.1) is 6.54 Å². The molecular formula is C13H21N3. The van der Waals surface area contributed by atoms with Crippen molar-refractivity contribution in [3.8, 4) is 0 Å². The van der Waals surface area contributed by atoms with Gasteiger partial charge in [-0.3, -0.25) is 0 Å². The van der Waals surface area contributed by atoms with Crippen LogP contribution in [0.2, 0.25) is 0 Å². The van der Waals surface area contributed by atoms with E-state index in [-0.39, 0.29) is 0 Å². The van der Waals surface area contributed by atoms with Gasteiger partial charge >= 0.3 is 0 Å². The summed E-state index contributed by atoms with van der Waals surface area (Å²) in [5.41, 5.74) is 0. The first-order valence-corrected chi connectivity index (χ1v) is 6.35. The zero-order valence-electron chi connectivity index (χ0n) is 10.0. The van der Waals surface area contributed by atoms with Crippen LogP contribution in [0.4, 0.5) is 0 Å². The summed E-state index contributed by atoms with van der Waals surface area (Å²) >= 11 is 0. The molecule has 1 aliphatic carbocycles. The first-order valence-electron chi connectivity index (χ1n) is 6.35. The lowest BCUT2D eigenvalue weighted by molar-refractivity contribution is 0.279. The first kappa shape index (κ1) is 11.5. The van der Waals surface area contributed by atoms with Crippen LogP contribution in [0.5, 0.6) is 0 Å². The summed E-state index contributed by atoms with van der Waals surface area (Å²) in [6.07, 6.45) is 10.6. The summed E-state index contributed by atoms with van der Waals surface area (Å²) < 4.78 is 0. The quantitative estimate of drug-likeness (QED) is 0.845. The molecule has 16 heavy (non-hydrogen) atoms. The molecule has 1 atom stereocenters. The van der Waals surface area contributed by atoms with Crippen molar-refractivity contribution in [2.24, 2.45) is 5.92 Å². The Balaban J connectivity index is 1.76. The van der Waals surface area contributed by atoms with Gasteiger partial charge in [-0.1, -0.05) is 19.3 Å². The molecule has 0 bridgehead atoms. The van der Waals surface area contributed by atoms with Gasteiger partial charge in [-0.2, -0.15) is 0 Å². The lowest BCUT2D eigenvalue weighted by Crippen LogP contribution is -2.34. The van der Waals surface area contributed by atoms with Crippen molar-refractivity contribution < 1.29 is 0 Å². The van der Waals surface area contributed by atoms with Gasteiger partial charge in [0.15, 0.2) is 0 Å². The zero-order chi connectivity index (χ0) is 11.2. The number of nitrogens with zero attached hydrogens (tertiary/aromatic N) is 2. The summed E-state index contributed by atoms with van der Waals surface area (Å²) in [5.74, 6) is 1.74. The van der Waals surface area contributed by atoms with E-state index in [9.17, 15) is 0 Å². The molecule has 3 nitrogen and oxygen atoms in total. The lowest BCUT2D eigenvalue weighted by atomic mass is 9.84. The standard InChI is InChI=1S/C13H21N3/c1-11(12-6-3-2-4-7-12)16-10-13-14-8-5-9-15-13/h5,8-9,11-12,16H,2-4,6-7,10H2,1H3. The van der Waals surface area contributed by atoms with Crippen molar-refractivity contribution in [3.63, 3.8) is 0 Å². The fourth-order valence-corrected chi connectivity index (χ4v) is 2.47. The monoisotopic (exact) mass is 219 g/mol. The van der Waals surface area contributed by atoms with Crippen LogP contribution < -0.4 is 5.32 Å². The highest BCUT2D eigenvalue weighted by Gasteiger charge is 2.19. The van der Waals surface area contributed by atoms with Crippen LogP contribution >= 0.6 is 0 Å². The van der Waals surface area contributed by atoms with Crippen LogP contribution in [0.15, 0.2) is 18.5 Å². The zero-order valence-corrected chi connectivity index (χ0v) is 10.0. The van der Waals surface area contributed by atoms with Gasteiger partial charge in [0.2, 0.25) is 0 Å². The third-order valence-electron chi connectivity index (χ3n) is 3.56. The third-order valence-corrected chi connectivity index (χ3v) is 3.56. The van der Waals surface area contributed by atoms with E-state index in [1.165, 1.54) is 32.1 Å². The number of hydrogen-bond acceptors (Lipinski definition) is 3. The normalized spacial score (nSPS) is 19.6. The van der Waals surface area contributed by atoms with Gasteiger partial charge in [0.25, 0.3) is 0 Å². The molecule has 0 amide bonds. The second-order valence-electron chi connectivity index (χ2n) is 4.73. The van der Waals surface area contributed by atoms with Crippen LogP contribution in [0.25, 0.3) is 0 Å². The average molecular weight is 219 g/mol. The highest BCUT2D eigenvalue weighted by Crippen LogP contribution is 2.26. The van der Waals surface area contributed by atoms with Gasteiger partial charge in [-0.05, 0) is 31.7 Å². The Morgan fingerprint density at radius 2 is 1.94 bits per heavy atom. The van der Waals surface area contributed by atoms with Gasteiger partial charge in [-0.15, -0.1) is 0 Å². The highest BCUT2D eigenvalue weighted by atomic mass is 15.0. The lowest BCUT2D eigenvalue weighted by Gasteiger charge is -2.28. The van der Waals surface area contributed by atoms with Crippen molar-refractivity contribution in [1.29, 1.82) is 0 Å². The van der Waals surface area contributed by atoms with E-state index in [4.69, 9.17) is 0 Å². The van der Waals surface area contributed by atoms with Crippen LogP contribution in [0.3, 0.4) is 0 Å². The number of rotatable bonds is 4. The number of hydrogen-bond donors (Lipinski definition) is 1. The fourth-order valence-electron chi connectivity index (χ4n) is 2.47. The summed E-state index contributed by atoms with van der Waals surface area (Å²) in [4.78, 5) is 8.44. The molecule has 1 aliphatic rings. The molecule has 88 valence electrons. The summed E-state index contributed by atoms with van der Waals surface area (Å²) in [6.45, 7) is 3.08. The van der Waals surface area contributed by atoms with E-state index in [1.807, 2.05) is 6.07 Å². The molecule has 0 spiro atoms. The molecule has 1 aromatic heterocycles. The topological polar surface area (TPSA) is 37.8 Å². The Morgan fingerprint density at radius 3 is 2.62 bits per heavy atom. The van der Waals surface area contributed by atoms with Crippen molar-refractivity contribution in [2.45, 2.75) is 51.6 Å². The van der Waals surface area contributed by atoms with E-state index in [2.05, 4.69) is 22.2 Å². The molecule has 0 radical (unpaired) electrons. The smallest absolute Gasteiger partial charge is 0.141 e. The Hall–Kier alpha value is -0.960. The maximum Gasteiger partial charge on any atom is 0.141 e. The first-order chi connectivity index (χ1) is 7.86. The van der Waals surface area contributed by atoms with Crippen molar-refractivity contribution in [1.82, 2.24) is 15.3 Å². The van der Waals surface area contributed by atoms with Crippen molar-refractivity contribution in [2.75, 3.05) is 0 Å². The Morgan fingerprint density at radius 1 is 1.25 bits per heavy atom. The Bertz CT molecular complexity index is 293. The summed E-state index contributed by atoms with van der Waals surface area (Å²) in [7, 11) is 0. The summed E-state index contributed by atoms with van der Waals surface area (Å²) in [5, 5.41) is 3.54. The maximum absolute atomic E-state index is 4.22. The predicted octanol–water partition coefficient (Wildman–Crippen LogP) is 2.54. The van der Waals surface area contributed by atoms with Crippen LogP contribution in [-0.2, 0) is 6.54 Å². The second kappa shape index (κ2) is 5.94. The molecule has 0 aromatic carbocycles. The SMILES string of the molecule is CC(NCc1ncccn1)C1CCCCC1. The summed E-state index contributed by atoms with van der Waals surface area (Å²) in [6, 6.07) is 2.44. The van der Waals surface area contributed by atoms with Crippen LogP contribution in [0, 0.1) is 5.92 Å². The molecule has 1 saturated carbocycles. The molecule has 1 heterocycles. The van der Waals surface area contributed by atoms with E-state index in [1.54, 1.807) is 12.4 Å². The van der Waals surface area contributed by atoms with Gasteiger partial charge in [0, 0.05) is 18.4 Å². The highest BCUT2D eigenvalue weighted by molar-refractivity contribution is 4.89. The van der Waals surface area contributed by atoms with E-state index >= 15 is 0 Å². The minimum atomic E-state index is 0.587. The fraction of sp³-hybridized carbons (Fsp3) is 0.692. The number of aromatic nitrogens is 2. The Labute approximate surface area is 97.7 Å². The molecule has 0 aliphatic heterocycles. The van der Waals surface area contributed by atoms with Gasteiger partial charge in [-0.25, -0.2) is 9.97 Å². The minimum Gasteiger partial charge on any atom is -0.307 e. The van der Waals surface area contributed by atoms with Crippen molar-refractivity contribution in [3.05, 3.63) is 24.3 Å². The molecule has 3 heteroatoms. The molecule has 2 rings (SSSR count). The third kappa shape index (κ3) is 3.27. The Kier molecular flexibility index (Phi) is 4.28. The molecule has 1 unspecified atom stereocenters. The molecule has 1 N–H and O–H groups in total. The number of nitrogens with one attached hydrogen (secondary N) is 1. The van der Waals surface area contributed by atoms with Gasteiger partial charge < -0.3 is 5.32 Å².